The number of aliphatic hydroxyl groups is 1. The lowest BCUT2D eigenvalue weighted by Gasteiger charge is -2.34. The molecule has 1 unspecified atom stereocenters. The van der Waals surface area contributed by atoms with Gasteiger partial charge >= 0.3 is 6.18 Å². The Morgan fingerprint density at radius 3 is 2.57 bits per heavy atom. The fourth-order valence-electron chi connectivity index (χ4n) is 2.81. The summed E-state index contributed by atoms with van der Waals surface area (Å²) in [6, 6.07) is 1.74. The summed E-state index contributed by atoms with van der Waals surface area (Å²) in [7, 11) is 1.71. The van der Waals surface area contributed by atoms with Crippen molar-refractivity contribution >= 4 is 11.7 Å². The van der Waals surface area contributed by atoms with Gasteiger partial charge in [0.05, 0.1) is 12.2 Å². The molecule has 1 atom stereocenters. The number of likely N-dealkylation sites (tertiary alicyclic amines) is 1. The normalized spacial score (nSPS) is 18.9. The van der Waals surface area contributed by atoms with E-state index in [2.05, 4.69) is 10.4 Å². The fraction of sp³-hybridized carbons (Fsp3) is 0.714. The second kappa shape index (κ2) is 6.88. The smallest absolute Gasteiger partial charge is 0.383 e. The molecule has 1 aromatic heterocycles. The van der Waals surface area contributed by atoms with Gasteiger partial charge in [0.1, 0.15) is 5.82 Å². The molecule has 2 rings (SSSR count). The molecule has 0 saturated carbocycles. The fourth-order valence-corrected chi connectivity index (χ4v) is 2.81. The van der Waals surface area contributed by atoms with Crippen LogP contribution in [0.3, 0.4) is 0 Å². The monoisotopic (exact) mass is 334 g/mol. The summed E-state index contributed by atoms with van der Waals surface area (Å²) in [5.74, 6) is -0.452. The predicted octanol–water partition coefficient (Wildman–Crippen LogP) is 1.30. The average Bonchev–Trinajstić information content (AvgIpc) is 2.75. The first-order valence-corrected chi connectivity index (χ1v) is 7.44. The molecule has 1 fully saturated rings. The van der Waals surface area contributed by atoms with E-state index in [4.69, 9.17) is 0 Å². The molecule has 0 aromatic carbocycles. The number of aromatic nitrogens is 2. The van der Waals surface area contributed by atoms with Gasteiger partial charge in [-0.1, -0.05) is 0 Å². The number of nitrogens with one attached hydrogen (secondary N) is 1. The summed E-state index contributed by atoms with van der Waals surface area (Å²) in [6.07, 6.45) is -6.42. The predicted molar refractivity (Wildman–Crippen MR) is 77.8 cm³/mol. The Morgan fingerprint density at radius 1 is 1.48 bits per heavy atom. The molecule has 23 heavy (non-hydrogen) atoms. The molecule has 0 radical (unpaired) electrons. The van der Waals surface area contributed by atoms with E-state index in [-0.39, 0.29) is 25.3 Å². The molecule has 2 N–H and O–H groups in total. The number of aryl methyl sites for hydroxylation is 2. The molecule has 0 spiro atoms. The van der Waals surface area contributed by atoms with Crippen LogP contribution in [0.4, 0.5) is 19.0 Å². The van der Waals surface area contributed by atoms with Crippen LogP contribution < -0.4 is 5.32 Å². The number of hydrogen-bond acceptors (Lipinski definition) is 4. The quantitative estimate of drug-likeness (QED) is 0.871. The first-order chi connectivity index (χ1) is 10.7. The highest BCUT2D eigenvalue weighted by Gasteiger charge is 2.44. The molecule has 6 nitrogen and oxygen atoms in total. The minimum absolute atomic E-state index is 0.110. The highest BCUT2D eigenvalue weighted by atomic mass is 19.4. The van der Waals surface area contributed by atoms with Crippen LogP contribution in [-0.2, 0) is 11.8 Å². The second-order valence-electron chi connectivity index (χ2n) is 5.94. The first kappa shape index (κ1) is 17.7. The van der Waals surface area contributed by atoms with Gasteiger partial charge < -0.3 is 10.4 Å². The van der Waals surface area contributed by atoms with Crippen LogP contribution in [0.1, 0.15) is 18.5 Å². The van der Waals surface area contributed by atoms with Gasteiger partial charge in [0.15, 0.2) is 6.10 Å². The zero-order chi connectivity index (χ0) is 17.2. The summed E-state index contributed by atoms with van der Waals surface area (Å²) in [5.41, 5.74) is 0.782. The summed E-state index contributed by atoms with van der Waals surface area (Å²) in [4.78, 5) is 13.8. The number of amides is 1. The van der Waals surface area contributed by atoms with Crippen molar-refractivity contribution in [1.82, 2.24) is 14.7 Å². The molecular weight excluding hydrogens is 313 g/mol. The lowest BCUT2D eigenvalue weighted by Crippen LogP contribution is -2.45. The van der Waals surface area contributed by atoms with Crippen molar-refractivity contribution in [2.45, 2.75) is 32.0 Å². The number of alkyl halides is 3. The molecule has 1 saturated heterocycles. The number of piperidine rings is 1. The lowest BCUT2D eigenvalue weighted by atomic mass is 9.91. The third-order valence-electron chi connectivity index (χ3n) is 4.05. The Kier molecular flexibility index (Phi) is 5.30. The highest BCUT2D eigenvalue weighted by Crippen LogP contribution is 2.31. The van der Waals surface area contributed by atoms with Crippen LogP contribution >= 0.6 is 0 Å². The third-order valence-corrected chi connectivity index (χ3v) is 4.05. The largest absolute Gasteiger partial charge is 0.414 e. The number of carbonyl (C=O) groups excluding carboxylic acids is 1. The van der Waals surface area contributed by atoms with Crippen molar-refractivity contribution in [2.24, 2.45) is 13.0 Å². The minimum atomic E-state index is -4.58. The van der Waals surface area contributed by atoms with Gasteiger partial charge in [-0.05, 0) is 38.8 Å². The summed E-state index contributed by atoms with van der Waals surface area (Å²) >= 11 is 0. The van der Waals surface area contributed by atoms with E-state index in [9.17, 15) is 23.1 Å². The van der Waals surface area contributed by atoms with Gasteiger partial charge in [0, 0.05) is 13.1 Å². The van der Waals surface area contributed by atoms with E-state index in [1.807, 2.05) is 6.92 Å². The summed E-state index contributed by atoms with van der Waals surface area (Å²) < 4.78 is 39.0. The molecule has 0 aliphatic carbocycles. The first-order valence-electron chi connectivity index (χ1n) is 7.44. The molecule has 130 valence electrons. The third kappa shape index (κ3) is 4.68. The van der Waals surface area contributed by atoms with Crippen molar-refractivity contribution in [3.8, 4) is 0 Å². The maximum absolute atomic E-state index is 12.5. The van der Waals surface area contributed by atoms with Crippen LogP contribution in [0.2, 0.25) is 0 Å². The van der Waals surface area contributed by atoms with E-state index in [1.54, 1.807) is 22.7 Å². The molecule has 9 heteroatoms. The summed E-state index contributed by atoms with van der Waals surface area (Å²) in [5, 5.41) is 16.1. The van der Waals surface area contributed by atoms with Crippen molar-refractivity contribution in [3.63, 3.8) is 0 Å². The van der Waals surface area contributed by atoms with Crippen LogP contribution in [0, 0.1) is 12.8 Å². The maximum atomic E-state index is 12.5. The van der Waals surface area contributed by atoms with Gasteiger partial charge in [-0.2, -0.15) is 18.3 Å². The van der Waals surface area contributed by atoms with E-state index >= 15 is 0 Å². The van der Waals surface area contributed by atoms with Crippen LogP contribution in [0.5, 0.6) is 0 Å². The van der Waals surface area contributed by atoms with Crippen LogP contribution in [0.25, 0.3) is 0 Å². The van der Waals surface area contributed by atoms with E-state index in [1.165, 1.54) is 0 Å². The Balaban J connectivity index is 1.80. The number of rotatable bonds is 4. The molecule has 1 aliphatic heterocycles. The van der Waals surface area contributed by atoms with Crippen molar-refractivity contribution < 1.29 is 23.1 Å². The molecule has 1 amide bonds. The van der Waals surface area contributed by atoms with Gasteiger partial charge in [0.25, 0.3) is 0 Å². The van der Waals surface area contributed by atoms with E-state index < -0.39 is 18.2 Å². The van der Waals surface area contributed by atoms with E-state index in [0.717, 1.165) is 5.69 Å². The van der Waals surface area contributed by atoms with Gasteiger partial charge in [-0.25, -0.2) is 0 Å². The molecule has 1 aromatic rings. The SMILES string of the molecule is Cc1cc(NC(=O)CN2CCC(C(O)C(F)(F)F)CC2)n(C)n1. The Bertz CT molecular complexity index is 551. The van der Waals surface area contributed by atoms with Crippen LogP contribution in [-0.4, -0.2) is 57.6 Å². The molecular formula is C14H21F3N4O2. The summed E-state index contributed by atoms with van der Waals surface area (Å²) in [6.45, 7) is 2.64. The van der Waals surface area contributed by atoms with Gasteiger partial charge in [-0.15, -0.1) is 0 Å². The number of nitrogens with zero attached hydrogens (tertiary/aromatic N) is 3. The lowest BCUT2D eigenvalue weighted by molar-refractivity contribution is -0.223. The van der Waals surface area contributed by atoms with Gasteiger partial charge in [-0.3, -0.25) is 14.4 Å². The zero-order valence-corrected chi connectivity index (χ0v) is 13.1. The van der Waals surface area contributed by atoms with Crippen molar-refractivity contribution in [1.29, 1.82) is 0 Å². The minimum Gasteiger partial charge on any atom is -0.383 e. The molecule has 0 bridgehead atoms. The maximum Gasteiger partial charge on any atom is 0.414 e. The standard InChI is InChI=1S/C14H21F3N4O2/c1-9-7-11(20(2)19-9)18-12(22)8-21-5-3-10(4-6-21)13(23)14(15,16)17/h7,10,13,23H,3-6,8H2,1-2H3,(H,18,22). The zero-order valence-electron chi connectivity index (χ0n) is 13.1. The number of anilines is 1. The molecule has 2 heterocycles. The topological polar surface area (TPSA) is 70.4 Å². The number of aliphatic hydroxyl groups excluding tert-OH is 1. The van der Waals surface area contributed by atoms with Crippen molar-refractivity contribution in [2.75, 3.05) is 25.0 Å². The van der Waals surface area contributed by atoms with Crippen LogP contribution in [0.15, 0.2) is 6.07 Å². The average molecular weight is 334 g/mol. The highest BCUT2D eigenvalue weighted by molar-refractivity contribution is 5.91. The second-order valence-corrected chi connectivity index (χ2v) is 5.94. The number of hydrogen-bond donors (Lipinski definition) is 2. The Morgan fingerprint density at radius 2 is 2.09 bits per heavy atom. The Labute approximate surface area is 132 Å². The number of carbonyl (C=O) groups is 1. The Hall–Kier alpha value is -1.61. The van der Waals surface area contributed by atoms with Gasteiger partial charge in [0.2, 0.25) is 5.91 Å². The number of halogens is 3. The van der Waals surface area contributed by atoms with Crippen molar-refractivity contribution in [3.05, 3.63) is 11.8 Å². The molecule has 1 aliphatic rings. The van der Waals surface area contributed by atoms with E-state index in [0.29, 0.717) is 18.9 Å².